The standard InChI is InChI=1S/C19H19ClN8O2/c1-8(24-16-11(7-21)15(22)26-19(23)27-16)17-25-13-4-2-3-12(20)14(13)18(30)28(17)9-5-10(29)6-9/h2-4,8-10,29H,5-6H2,1H3,(H5,22,23,24,26,27)/t8-,9-,10+/m0/s1. The number of hydrogen-bond acceptors (Lipinski definition) is 9. The fraction of sp³-hybridized carbons (Fsp3) is 0.316. The average Bonchev–Trinajstić information content (AvgIpc) is 2.65. The van der Waals surface area contributed by atoms with Crippen LogP contribution in [0.5, 0.6) is 0 Å². The van der Waals surface area contributed by atoms with Crippen molar-refractivity contribution in [2.45, 2.75) is 38.0 Å². The van der Waals surface area contributed by atoms with Gasteiger partial charge in [0.25, 0.3) is 5.56 Å². The van der Waals surface area contributed by atoms with Crippen molar-refractivity contribution >= 4 is 40.1 Å². The summed E-state index contributed by atoms with van der Waals surface area (Å²) in [6.07, 6.45) is 0.411. The molecule has 11 heteroatoms. The van der Waals surface area contributed by atoms with Crippen LogP contribution in [0, 0.1) is 11.3 Å². The predicted molar refractivity (Wildman–Crippen MR) is 113 cm³/mol. The third-order valence-corrected chi connectivity index (χ3v) is 5.48. The summed E-state index contributed by atoms with van der Waals surface area (Å²) >= 11 is 6.27. The molecule has 10 nitrogen and oxygen atoms in total. The summed E-state index contributed by atoms with van der Waals surface area (Å²) in [4.78, 5) is 25.8. The number of benzene rings is 1. The normalized spacial score (nSPS) is 19.1. The van der Waals surface area contributed by atoms with Crippen LogP contribution in [-0.4, -0.2) is 30.7 Å². The maximum atomic E-state index is 13.3. The third kappa shape index (κ3) is 3.28. The average molecular weight is 427 g/mol. The number of aromatic nitrogens is 4. The Balaban J connectivity index is 1.85. The number of nitrogens with one attached hydrogen (secondary N) is 1. The van der Waals surface area contributed by atoms with Gasteiger partial charge < -0.3 is 21.9 Å². The van der Waals surface area contributed by atoms with Crippen LogP contribution in [0.1, 0.15) is 43.2 Å². The zero-order valence-corrected chi connectivity index (χ0v) is 16.8. The van der Waals surface area contributed by atoms with E-state index in [-0.39, 0.29) is 34.7 Å². The number of nitrogens with two attached hydrogens (primary N) is 2. The molecule has 6 N–H and O–H groups in total. The van der Waals surface area contributed by atoms with Gasteiger partial charge in [-0.3, -0.25) is 9.36 Å². The van der Waals surface area contributed by atoms with Gasteiger partial charge in [0, 0.05) is 6.04 Å². The molecule has 2 aromatic heterocycles. The van der Waals surface area contributed by atoms with Gasteiger partial charge in [0.15, 0.2) is 5.82 Å². The van der Waals surface area contributed by atoms with E-state index in [4.69, 9.17) is 23.1 Å². The van der Waals surface area contributed by atoms with Crippen LogP contribution in [-0.2, 0) is 0 Å². The summed E-state index contributed by atoms with van der Waals surface area (Å²) in [7, 11) is 0. The van der Waals surface area contributed by atoms with Crippen LogP contribution in [0.4, 0.5) is 17.6 Å². The van der Waals surface area contributed by atoms with Crippen molar-refractivity contribution < 1.29 is 5.11 Å². The number of hydrogen-bond donors (Lipinski definition) is 4. The van der Waals surface area contributed by atoms with Crippen molar-refractivity contribution in [3.63, 3.8) is 0 Å². The second kappa shape index (κ2) is 7.44. The molecule has 0 saturated heterocycles. The third-order valence-electron chi connectivity index (χ3n) is 5.17. The lowest BCUT2D eigenvalue weighted by molar-refractivity contribution is 0.0454. The van der Waals surface area contributed by atoms with E-state index in [1.165, 1.54) is 0 Å². The highest BCUT2D eigenvalue weighted by Gasteiger charge is 2.33. The van der Waals surface area contributed by atoms with E-state index in [0.29, 0.717) is 34.6 Å². The van der Waals surface area contributed by atoms with Crippen LogP contribution in [0.25, 0.3) is 10.9 Å². The van der Waals surface area contributed by atoms with E-state index >= 15 is 0 Å². The zero-order chi connectivity index (χ0) is 21.6. The lowest BCUT2D eigenvalue weighted by Gasteiger charge is -2.35. The Kier molecular flexibility index (Phi) is 4.93. The number of anilines is 3. The minimum Gasteiger partial charge on any atom is -0.393 e. The first kappa shape index (κ1) is 19.9. The molecule has 154 valence electrons. The van der Waals surface area contributed by atoms with Crippen molar-refractivity contribution in [1.82, 2.24) is 19.5 Å². The highest BCUT2D eigenvalue weighted by Crippen LogP contribution is 2.34. The summed E-state index contributed by atoms with van der Waals surface area (Å²) in [6, 6.07) is 6.27. The van der Waals surface area contributed by atoms with Crippen molar-refractivity contribution in [2.75, 3.05) is 16.8 Å². The molecule has 1 fully saturated rings. The van der Waals surface area contributed by atoms with Crippen LogP contribution < -0.4 is 22.3 Å². The molecule has 2 heterocycles. The lowest BCUT2D eigenvalue weighted by atomic mass is 9.89. The van der Waals surface area contributed by atoms with Gasteiger partial charge in [-0.05, 0) is 31.9 Å². The van der Waals surface area contributed by atoms with E-state index in [9.17, 15) is 15.2 Å². The van der Waals surface area contributed by atoms with Gasteiger partial charge in [0.2, 0.25) is 5.95 Å². The number of rotatable bonds is 4. The molecule has 0 unspecified atom stereocenters. The van der Waals surface area contributed by atoms with E-state index in [1.807, 2.05) is 6.07 Å². The molecule has 30 heavy (non-hydrogen) atoms. The Morgan fingerprint density at radius 2 is 2.07 bits per heavy atom. The molecule has 0 spiro atoms. The van der Waals surface area contributed by atoms with E-state index < -0.39 is 12.1 Å². The largest absolute Gasteiger partial charge is 0.393 e. The van der Waals surface area contributed by atoms with Gasteiger partial charge in [0.1, 0.15) is 23.3 Å². The maximum absolute atomic E-state index is 13.3. The molecule has 1 aromatic carbocycles. The Morgan fingerprint density at radius 1 is 1.33 bits per heavy atom. The first-order chi connectivity index (χ1) is 14.3. The highest BCUT2D eigenvalue weighted by atomic mass is 35.5. The van der Waals surface area contributed by atoms with Gasteiger partial charge in [-0.1, -0.05) is 17.7 Å². The Bertz CT molecular complexity index is 1250. The number of nitrogens with zero attached hydrogens (tertiary/aromatic N) is 5. The van der Waals surface area contributed by atoms with Gasteiger partial charge in [0.05, 0.1) is 28.1 Å². The molecule has 1 atom stereocenters. The summed E-state index contributed by atoms with van der Waals surface area (Å²) < 4.78 is 1.55. The number of nitrogen functional groups attached to an aromatic ring is 2. The lowest BCUT2D eigenvalue weighted by Crippen LogP contribution is -2.40. The van der Waals surface area contributed by atoms with Crippen molar-refractivity contribution in [1.29, 1.82) is 5.26 Å². The molecule has 0 amide bonds. The molecular formula is C19H19ClN8O2. The predicted octanol–water partition coefficient (Wildman–Crippen LogP) is 1.74. The second-order valence-corrected chi connectivity index (χ2v) is 7.63. The molecule has 3 aromatic rings. The summed E-state index contributed by atoms with van der Waals surface area (Å²) in [5.41, 5.74) is 11.7. The fourth-order valence-electron chi connectivity index (χ4n) is 3.63. The van der Waals surface area contributed by atoms with Crippen LogP contribution >= 0.6 is 11.6 Å². The smallest absolute Gasteiger partial charge is 0.263 e. The van der Waals surface area contributed by atoms with Gasteiger partial charge in [-0.2, -0.15) is 15.2 Å². The number of halogens is 1. The Morgan fingerprint density at radius 3 is 2.73 bits per heavy atom. The van der Waals surface area contributed by atoms with E-state index in [2.05, 4.69) is 20.3 Å². The van der Waals surface area contributed by atoms with E-state index in [0.717, 1.165) is 0 Å². The van der Waals surface area contributed by atoms with Gasteiger partial charge in [-0.25, -0.2) is 4.98 Å². The monoisotopic (exact) mass is 426 g/mol. The van der Waals surface area contributed by atoms with Crippen molar-refractivity contribution in [3.8, 4) is 6.07 Å². The minimum atomic E-state index is -0.542. The van der Waals surface area contributed by atoms with Crippen LogP contribution in [0.15, 0.2) is 23.0 Å². The van der Waals surface area contributed by atoms with Gasteiger partial charge >= 0.3 is 0 Å². The number of aliphatic hydroxyl groups is 1. The quantitative estimate of drug-likeness (QED) is 0.485. The maximum Gasteiger partial charge on any atom is 0.263 e. The molecule has 0 bridgehead atoms. The highest BCUT2D eigenvalue weighted by molar-refractivity contribution is 6.35. The first-order valence-corrected chi connectivity index (χ1v) is 9.66. The molecule has 1 saturated carbocycles. The van der Waals surface area contributed by atoms with Gasteiger partial charge in [-0.15, -0.1) is 0 Å². The SMILES string of the molecule is C[C@H](Nc1nc(N)nc(N)c1C#N)c1nc2cccc(Cl)c2c(=O)n1[C@H]1C[C@@H](O)C1. The molecule has 0 radical (unpaired) electrons. The molecule has 1 aliphatic carbocycles. The second-order valence-electron chi connectivity index (χ2n) is 7.23. The van der Waals surface area contributed by atoms with E-state index in [1.54, 1.807) is 29.7 Å². The van der Waals surface area contributed by atoms with Crippen molar-refractivity contribution in [2.24, 2.45) is 0 Å². The molecule has 0 aliphatic heterocycles. The van der Waals surface area contributed by atoms with Crippen LogP contribution in [0.3, 0.4) is 0 Å². The molecular weight excluding hydrogens is 408 g/mol. The number of fused-ring (bicyclic) bond motifs is 1. The topological polar surface area (TPSA) is 169 Å². The van der Waals surface area contributed by atoms with Crippen molar-refractivity contribution in [3.05, 3.63) is 45.0 Å². The number of nitriles is 1. The van der Waals surface area contributed by atoms with Crippen LogP contribution in [0.2, 0.25) is 5.02 Å². The minimum absolute atomic E-state index is 0.0440. The summed E-state index contributed by atoms with van der Waals surface area (Å²) in [6.45, 7) is 1.78. The summed E-state index contributed by atoms with van der Waals surface area (Å²) in [5, 5.41) is 22.9. The number of aliphatic hydroxyl groups excluding tert-OH is 1. The first-order valence-electron chi connectivity index (χ1n) is 9.28. The fourth-order valence-corrected chi connectivity index (χ4v) is 3.88. The Hall–Kier alpha value is -3.42. The zero-order valence-electron chi connectivity index (χ0n) is 16.0. The molecule has 1 aliphatic rings. The Labute approximate surface area is 176 Å². The molecule has 4 rings (SSSR count). The summed E-state index contributed by atoms with van der Waals surface area (Å²) in [5.74, 6) is 0.443.